The van der Waals surface area contributed by atoms with Gasteiger partial charge in [0.1, 0.15) is 6.04 Å². The molecule has 19 heavy (non-hydrogen) atoms. The fourth-order valence-electron chi connectivity index (χ4n) is 2.29. The summed E-state index contributed by atoms with van der Waals surface area (Å²) in [6, 6.07) is 4.25. The Kier molecular flexibility index (Phi) is 4.68. The zero-order valence-electron chi connectivity index (χ0n) is 10.6. The molecule has 1 aromatic carbocycles. The standard InChI is InChI=1S/C13H16Cl2N2O2/c1-16-4-6-17(7-5-16)12(13(18)19)10-3-2-9(14)8-11(10)15/h2-3,8,12H,4-7H2,1H3,(H,18,19). The Balaban J connectivity index is 2.27. The minimum absolute atomic E-state index is 0.402. The average molecular weight is 303 g/mol. The first-order valence-corrected chi connectivity index (χ1v) is 6.85. The molecule has 0 aliphatic carbocycles. The lowest BCUT2D eigenvalue weighted by Gasteiger charge is -2.36. The predicted octanol–water partition coefficient (Wildman–Crippen LogP) is 2.37. The SMILES string of the molecule is CN1CCN(C(C(=O)O)c2ccc(Cl)cc2Cl)CC1. The molecular weight excluding hydrogens is 287 g/mol. The van der Waals surface area contributed by atoms with Crippen molar-refractivity contribution in [2.75, 3.05) is 33.2 Å². The van der Waals surface area contributed by atoms with Crippen molar-refractivity contribution in [2.24, 2.45) is 0 Å². The molecule has 2 rings (SSSR count). The first-order valence-electron chi connectivity index (χ1n) is 6.09. The highest BCUT2D eigenvalue weighted by atomic mass is 35.5. The molecule has 1 N–H and O–H groups in total. The van der Waals surface area contributed by atoms with Gasteiger partial charge in [-0.1, -0.05) is 29.3 Å². The van der Waals surface area contributed by atoms with Gasteiger partial charge in [0, 0.05) is 36.2 Å². The molecule has 1 aliphatic rings. The van der Waals surface area contributed by atoms with E-state index in [0.29, 0.717) is 28.7 Å². The van der Waals surface area contributed by atoms with Crippen LogP contribution in [0.15, 0.2) is 18.2 Å². The highest BCUT2D eigenvalue weighted by molar-refractivity contribution is 6.35. The number of halogens is 2. The van der Waals surface area contributed by atoms with Gasteiger partial charge in [-0.15, -0.1) is 0 Å². The van der Waals surface area contributed by atoms with E-state index in [0.717, 1.165) is 13.1 Å². The molecular formula is C13H16Cl2N2O2. The first kappa shape index (κ1) is 14.6. The average Bonchev–Trinajstić information content (AvgIpc) is 2.34. The van der Waals surface area contributed by atoms with E-state index in [2.05, 4.69) is 4.90 Å². The van der Waals surface area contributed by atoms with Gasteiger partial charge in [-0.25, -0.2) is 0 Å². The number of rotatable bonds is 3. The van der Waals surface area contributed by atoms with Gasteiger partial charge in [-0.05, 0) is 24.7 Å². The van der Waals surface area contributed by atoms with Crippen LogP contribution in [0, 0.1) is 0 Å². The van der Waals surface area contributed by atoms with Crippen LogP contribution in [0.25, 0.3) is 0 Å². The summed E-state index contributed by atoms with van der Waals surface area (Å²) in [5, 5.41) is 10.4. The second kappa shape index (κ2) is 6.09. The Hall–Kier alpha value is -0.810. The second-order valence-electron chi connectivity index (χ2n) is 4.75. The lowest BCUT2D eigenvalue weighted by molar-refractivity contribution is -0.144. The Morgan fingerprint density at radius 2 is 1.89 bits per heavy atom. The topological polar surface area (TPSA) is 43.8 Å². The van der Waals surface area contributed by atoms with Gasteiger partial charge in [-0.2, -0.15) is 0 Å². The number of carboxylic acid groups (broad SMARTS) is 1. The fourth-order valence-corrected chi connectivity index (χ4v) is 2.80. The molecule has 1 fully saturated rings. The Morgan fingerprint density at radius 3 is 2.42 bits per heavy atom. The van der Waals surface area contributed by atoms with Crippen LogP contribution in [0.1, 0.15) is 11.6 Å². The molecule has 6 heteroatoms. The number of aliphatic carboxylic acids is 1. The number of likely N-dealkylation sites (N-methyl/N-ethyl adjacent to an activating group) is 1. The molecule has 1 unspecified atom stereocenters. The Bertz CT molecular complexity index is 474. The molecule has 0 spiro atoms. The van der Waals surface area contributed by atoms with Gasteiger partial charge in [0.25, 0.3) is 0 Å². The molecule has 4 nitrogen and oxygen atoms in total. The predicted molar refractivity (Wildman–Crippen MR) is 75.9 cm³/mol. The number of carboxylic acids is 1. The normalized spacial score (nSPS) is 19.3. The monoisotopic (exact) mass is 302 g/mol. The number of hydrogen-bond acceptors (Lipinski definition) is 3. The molecule has 0 radical (unpaired) electrons. The van der Waals surface area contributed by atoms with Crippen molar-refractivity contribution in [3.63, 3.8) is 0 Å². The lowest BCUT2D eigenvalue weighted by Crippen LogP contribution is -2.47. The summed E-state index contributed by atoms with van der Waals surface area (Å²) in [6.07, 6.45) is 0. The van der Waals surface area contributed by atoms with Crippen LogP contribution >= 0.6 is 23.2 Å². The highest BCUT2D eigenvalue weighted by Gasteiger charge is 2.31. The summed E-state index contributed by atoms with van der Waals surface area (Å²) in [6.45, 7) is 3.14. The lowest BCUT2D eigenvalue weighted by atomic mass is 10.0. The second-order valence-corrected chi connectivity index (χ2v) is 5.59. The minimum Gasteiger partial charge on any atom is -0.480 e. The van der Waals surface area contributed by atoms with Crippen molar-refractivity contribution >= 4 is 29.2 Å². The van der Waals surface area contributed by atoms with E-state index in [9.17, 15) is 9.90 Å². The molecule has 0 amide bonds. The molecule has 1 aliphatic heterocycles. The third-order valence-electron chi connectivity index (χ3n) is 3.39. The van der Waals surface area contributed by atoms with E-state index in [-0.39, 0.29) is 0 Å². The molecule has 1 atom stereocenters. The molecule has 104 valence electrons. The first-order chi connectivity index (χ1) is 8.99. The summed E-state index contributed by atoms with van der Waals surface area (Å²) >= 11 is 12.0. The van der Waals surface area contributed by atoms with Crippen LogP contribution < -0.4 is 0 Å². The maximum atomic E-state index is 11.6. The van der Waals surface area contributed by atoms with Crippen molar-refractivity contribution < 1.29 is 9.90 Å². The van der Waals surface area contributed by atoms with Gasteiger partial charge in [-0.3, -0.25) is 9.69 Å². The van der Waals surface area contributed by atoms with E-state index < -0.39 is 12.0 Å². The van der Waals surface area contributed by atoms with E-state index in [1.165, 1.54) is 0 Å². The summed E-state index contributed by atoms with van der Waals surface area (Å²) < 4.78 is 0. The number of piperazine rings is 1. The molecule has 0 saturated carbocycles. The molecule has 0 aromatic heterocycles. The van der Waals surface area contributed by atoms with Crippen LogP contribution in [-0.2, 0) is 4.79 Å². The maximum absolute atomic E-state index is 11.6. The van der Waals surface area contributed by atoms with Crippen molar-refractivity contribution in [1.82, 2.24) is 9.80 Å². The summed E-state index contributed by atoms with van der Waals surface area (Å²) in [7, 11) is 2.03. The van der Waals surface area contributed by atoms with Gasteiger partial charge in [0.2, 0.25) is 0 Å². The summed E-state index contributed by atoms with van der Waals surface area (Å²) in [5.41, 5.74) is 0.600. The zero-order chi connectivity index (χ0) is 14.0. The number of nitrogens with zero attached hydrogens (tertiary/aromatic N) is 2. The largest absolute Gasteiger partial charge is 0.480 e. The minimum atomic E-state index is -0.881. The van der Waals surface area contributed by atoms with E-state index in [1.807, 2.05) is 11.9 Å². The van der Waals surface area contributed by atoms with Gasteiger partial charge >= 0.3 is 5.97 Å². The van der Waals surface area contributed by atoms with Crippen LogP contribution in [0.4, 0.5) is 0 Å². The van der Waals surface area contributed by atoms with Crippen molar-refractivity contribution in [3.05, 3.63) is 33.8 Å². The smallest absolute Gasteiger partial charge is 0.325 e. The molecule has 1 saturated heterocycles. The maximum Gasteiger partial charge on any atom is 0.325 e. The molecule has 1 aromatic rings. The van der Waals surface area contributed by atoms with Crippen molar-refractivity contribution in [1.29, 1.82) is 0 Å². The third-order valence-corrected chi connectivity index (χ3v) is 3.96. The van der Waals surface area contributed by atoms with Crippen LogP contribution in [0.3, 0.4) is 0 Å². The molecule has 0 bridgehead atoms. The quantitative estimate of drug-likeness (QED) is 0.931. The zero-order valence-corrected chi connectivity index (χ0v) is 12.2. The van der Waals surface area contributed by atoms with Gasteiger partial charge in [0.05, 0.1) is 0 Å². The van der Waals surface area contributed by atoms with Gasteiger partial charge < -0.3 is 10.0 Å². The highest BCUT2D eigenvalue weighted by Crippen LogP contribution is 2.30. The third kappa shape index (κ3) is 3.39. The Labute approximate surface area is 122 Å². The summed E-state index contributed by atoms with van der Waals surface area (Å²) in [5.74, 6) is -0.881. The van der Waals surface area contributed by atoms with E-state index in [1.54, 1.807) is 18.2 Å². The molecule has 1 heterocycles. The van der Waals surface area contributed by atoms with E-state index in [4.69, 9.17) is 23.2 Å². The Morgan fingerprint density at radius 1 is 1.26 bits per heavy atom. The van der Waals surface area contributed by atoms with Crippen molar-refractivity contribution in [3.8, 4) is 0 Å². The van der Waals surface area contributed by atoms with Gasteiger partial charge in [0.15, 0.2) is 0 Å². The van der Waals surface area contributed by atoms with E-state index >= 15 is 0 Å². The van der Waals surface area contributed by atoms with Crippen LogP contribution in [-0.4, -0.2) is 54.1 Å². The number of hydrogen-bond donors (Lipinski definition) is 1. The number of benzene rings is 1. The van der Waals surface area contributed by atoms with Crippen molar-refractivity contribution in [2.45, 2.75) is 6.04 Å². The fraction of sp³-hybridized carbons (Fsp3) is 0.462. The van der Waals surface area contributed by atoms with Crippen LogP contribution in [0.5, 0.6) is 0 Å². The number of carbonyl (C=O) groups is 1. The summed E-state index contributed by atoms with van der Waals surface area (Å²) in [4.78, 5) is 15.7. The van der Waals surface area contributed by atoms with Crippen LogP contribution in [0.2, 0.25) is 10.0 Å².